The summed E-state index contributed by atoms with van der Waals surface area (Å²) in [7, 11) is 4.09. The highest BCUT2D eigenvalue weighted by atomic mass is 16.3. The van der Waals surface area contributed by atoms with Crippen LogP contribution in [0.4, 0.5) is 0 Å². The lowest BCUT2D eigenvalue weighted by Gasteiger charge is -2.20. The summed E-state index contributed by atoms with van der Waals surface area (Å²) in [5, 5.41) is 12.7. The summed E-state index contributed by atoms with van der Waals surface area (Å²) >= 11 is 0. The van der Waals surface area contributed by atoms with Crippen molar-refractivity contribution in [3.8, 4) is 0 Å². The second-order valence-corrected chi connectivity index (χ2v) is 4.65. The van der Waals surface area contributed by atoms with Crippen LogP contribution in [0.15, 0.2) is 12.4 Å². The number of hydrogen-bond donors (Lipinski definition) is 2. The molecule has 5 heteroatoms. The topological polar surface area (TPSA) is 53.3 Å². The summed E-state index contributed by atoms with van der Waals surface area (Å²) in [6.45, 7) is 2.52. The Morgan fingerprint density at radius 1 is 1.69 bits per heavy atom. The predicted molar refractivity (Wildman–Crippen MR) is 62.0 cm³/mol. The number of nitrogens with zero attached hydrogens (tertiary/aromatic N) is 3. The number of aliphatic hydroxyl groups excluding tert-OH is 1. The van der Waals surface area contributed by atoms with E-state index in [1.807, 2.05) is 24.0 Å². The fraction of sp³-hybridized carbons (Fsp3) is 0.727. The number of nitrogens with one attached hydrogen (secondary N) is 1. The van der Waals surface area contributed by atoms with Crippen LogP contribution in [0.5, 0.6) is 0 Å². The van der Waals surface area contributed by atoms with E-state index in [2.05, 4.69) is 22.2 Å². The zero-order chi connectivity index (χ0) is 11.5. The fourth-order valence-corrected chi connectivity index (χ4v) is 2.17. The Hall–Kier alpha value is -0.910. The molecule has 2 unspecified atom stereocenters. The van der Waals surface area contributed by atoms with Crippen LogP contribution in [0.2, 0.25) is 0 Å². The van der Waals surface area contributed by atoms with Gasteiger partial charge in [0.25, 0.3) is 0 Å². The van der Waals surface area contributed by atoms with E-state index in [1.54, 1.807) is 0 Å². The predicted octanol–water partition coefficient (Wildman–Crippen LogP) is -0.425. The first-order chi connectivity index (χ1) is 7.65. The highest BCUT2D eigenvalue weighted by molar-refractivity contribution is 4.91. The summed E-state index contributed by atoms with van der Waals surface area (Å²) < 4.78 is 2.04. The SMILES string of the molecule is CN(Cc1nccn1C)CC1CC(O)CN1. The maximum atomic E-state index is 9.42. The van der Waals surface area contributed by atoms with Gasteiger partial charge in [-0.05, 0) is 13.5 Å². The molecule has 0 aliphatic carbocycles. The van der Waals surface area contributed by atoms with Crippen LogP contribution in [0.1, 0.15) is 12.2 Å². The third kappa shape index (κ3) is 2.81. The minimum atomic E-state index is -0.174. The molecule has 1 aromatic rings. The monoisotopic (exact) mass is 224 g/mol. The number of aliphatic hydroxyl groups is 1. The van der Waals surface area contributed by atoms with Crippen LogP contribution in [0.3, 0.4) is 0 Å². The van der Waals surface area contributed by atoms with E-state index in [4.69, 9.17) is 0 Å². The van der Waals surface area contributed by atoms with E-state index in [9.17, 15) is 5.11 Å². The largest absolute Gasteiger partial charge is 0.392 e. The maximum Gasteiger partial charge on any atom is 0.122 e. The summed E-state index contributed by atoms with van der Waals surface area (Å²) in [6.07, 6.45) is 4.46. The van der Waals surface area contributed by atoms with Gasteiger partial charge >= 0.3 is 0 Å². The van der Waals surface area contributed by atoms with Gasteiger partial charge in [0.2, 0.25) is 0 Å². The van der Waals surface area contributed by atoms with Crippen molar-refractivity contribution in [1.82, 2.24) is 19.8 Å². The average Bonchev–Trinajstić information content (AvgIpc) is 2.77. The van der Waals surface area contributed by atoms with Gasteiger partial charge in [-0.3, -0.25) is 4.90 Å². The Kier molecular flexibility index (Phi) is 3.58. The van der Waals surface area contributed by atoms with E-state index >= 15 is 0 Å². The first-order valence-electron chi connectivity index (χ1n) is 5.71. The van der Waals surface area contributed by atoms with E-state index < -0.39 is 0 Å². The molecule has 0 radical (unpaired) electrons. The van der Waals surface area contributed by atoms with E-state index in [-0.39, 0.29) is 6.10 Å². The van der Waals surface area contributed by atoms with Crippen LogP contribution >= 0.6 is 0 Å². The zero-order valence-electron chi connectivity index (χ0n) is 9.93. The third-order valence-corrected chi connectivity index (χ3v) is 3.06. The Labute approximate surface area is 96.1 Å². The van der Waals surface area contributed by atoms with Crippen LogP contribution < -0.4 is 5.32 Å². The van der Waals surface area contributed by atoms with Crippen molar-refractivity contribution in [3.63, 3.8) is 0 Å². The molecule has 1 fully saturated rings. The van der Waals surface area contributed by atoms with Gasteiger partial charge in [0, 0.05) is 38.6 Å². The standard InChI is InChI=1S/C11H20N4O/c1-14(7-9-5-10(16)6-13-9)8-11-12-3-4-15(11)2/h3-4,9-10,13,16H,5-8H2,1-2H3. The van der Waals surface area contributed by atoms with Crippen molar-refractivity contribution in [2.45, 2.75) is 25.1 Å². The van der Waals surface area contributed by atoms with Gasteiger partial charge in [0.1, 0.15) is 5.82 Å². The molecule has 2 rings (SSSR count). The first kappa shape index (κ1) is 11.6. The van der Waals surface area contributed by atoms with E-state index in [0.29, 0.717) is 6.04 Å². The Morgan fingerprint density at radius 3 is 3.06 bits per heavy atom. The van der Waals surface area contributed by atoms with Gasteiger partial charge in [-0.2, -0.15) is 0 Å². The fourth-order valence-electron chi connectivity index (χ4n) is 2.17. The van der Waals surface area contributed by atoms with E-state index in [1.165, 1.54) is 0 Å². The molecule has 0 bridgehead atoms. The van der Waals surface area contributed by atoms with Crippen LogP contribution in [0.25, 0.3) is 0 Å². The van der Waals surface area contributed by atoms with Gasteiger partial charge in [-0.25, -0.2) is 4.98 Å². The maximum absolute atomic E-state index is 9.42. The molecular weight excluding hydrogens is 204 g/mol. The molecule has 2 heterocycles. The van der Waals surface area contributed by atoms with Crippen molar-refractivity contribution in [3.05, 3.63) is 18.2 Å². The van der Waals surface area contributed by atoms with Gasteiger partial charge in [-0.1, -0.05) is 0 Å². The van der Waals surface area contributed by atoms with Crippen LogP contribution in [0, 0.1) is 0 Å². The second kappa shape index (κ2) is 4.95. The second-order valence-electron chi connectivity index (χ2n) is 4.65. The Bertz CT molecular complexity index is 338. The smallest absolute Gasteiger partial charge is 0.122 e. The van der Waals surface area contributed by atoms with Crippen molar-refractivity contribution in [2.75, 3.05) is 20.1 Å². The molecule has 1 aromatic heterocycles. The first-order valence-corrected chi connectivity index (χ1v) is 5.71. The summed E-state index contributed by atoms with van der Waals surface area (Å²) in [5.41, 5.74) is 0. The Balaban J connectivity index is 1.80. The quantitative estimate of drug-likeness (QED) is 0.729. The molecule has 0 spiro atoms. The summed E-state index contributed by atoms with van der Waals surface area (Å²) in [4.78, 5) is 6.53. The number of β-amino-alcohol motifs (C(OH)–C–C–N with tert-alkyl or cyclic N) is 1. The van der Waals surface area contributed by atoms with Crippen LogP contribution in [-0.4, -0.2) is 51.8 Å². The third-order valence-electron chi connectivity index (χ3n) is 3.06. The number of aromatic nitrogens is 2. The van der Waals surface area contributed by atoms with Crippen LogP contribution in [-0.2, 0) is 13.6 Å². The van der Waals surface area contributed by atoms with Crippen molar-refractivity contribution < 1.29 is 5.11 Å². The number of likely N-dealkylation sites (N-methyl/N-ethyl adjacent to an activating group) is 1. The van der Waals surface area contributed by atoms with Gasteiger partial charge in [0.05, 0.1) is 12.6 Å². The highest BCUT2D eigenvalue weighted by Gasteiger charge is 2.23. The van der Waals surface area contributed by atoms with Crippen molar-refractivity contribution in [2.24, 2.45) is 7.05 Å². The summed E-state index contributed by atoms with van der Waals surface area (Å²) in [6, 6.07) is 0.403. The molecule has 16 heavy (non-hydrogen) atoms. The number of hydrogen-bond acceptors (Lipinski definition) is 4. The van der Waals surface area contributed by atoms with Crippen molar-refractivity contribution in [1.29, 1.82) is 0 Å². The molecule has 0 aromatic carbocycles. The molecule has 5 nitrogen and oxygen atoms in total. The molecule has 1 aliphatic heterocycles. The lowest BCUT2D eigenvalue weighted by atomic mass is 10.2. The average molecular weight is 224 g/mol. The Morgan fingerprint density at radius 2 is 2.50 bits per heavy atom. The molecule has 0 amide bonds. The molecular formula is C11H20N4O. The molecule has 1 saturated heterocycles. The van der Waals surface area contributed by atoms with Gasteiger partial charge in [0.15, 0.2) is 0 Å². The van der Waals surface area contributed by atoms with Crippen molar-refractivity contribution >= 4 is 0 Å². The summed E-state index contributed by atoms with van der Waals surface area (Å²) in [5.74, 6) is 1.07. The molecule has 2 N–H and O–H groups in total. The molecule has 2 atom stereocenters. The zero-order valence-corrected chi connectivity index (χ0v) is 9.93. The normalized spacial score (nSPS) is 25.5. The van der Waals surface area contributed by atoms with Gasteiger partial charge < -0.3 is 15.0 Å². The molecule has 90 valence electrons. The molecule has 0 saturated carbocycles. The minimum absolute atomic E-state index is 0.174. The number of rotatable bonds is 4. The van der Waals surface area contributed by atoms with E-state index in [0.717, 1.165) is 31.9 Å². The number of imidazole rings is 1. The minimum Gasteiger partial charge on any atom is -0.392 e. The lowest BCUT2D eigenvalue weighted by Crippen LogP contribution is -2.35. The lowest BCUT2D eigenvalue weighted by molar-refractivity contribution is 0.189. The number of aryl methyl sites for hydroxylation is 1. The molecule has 1 aliphatic rings. The van der Waals surface area contributed by atoms with Gasteiger partial charge in [-0.15, -0.1) is 0 Å². The highest BCUT2D eigenvalue weighted by Crippen LogP contribution is 2.08.